The molecular weight excluding hydrogens is 254 g/mol. The van der Waals surface area contributed by atoms with Gasteiger partial charge in [0.25, 0.3) is 0 Å². The van der Waals surface area contributed by atoms with E-state index in [1.54, 1.807) is 6.26 Å². The minimum Gasteiger partial charge on any atom is -0.444 e. The molecule has 0 unspecified atom stereocenters. The number of hydrogen-bond acceptors (Lipinski definition) is 2. The van der Waals surface area contributed by atoms with E-state index in [-0.39, 0.29) is 0 Å². The number of aryl methyl sites for hydroxylation is 2. The lowest BCUT2D eigenvalue weighted by Gasteiger charge is -2.01. The summed E-state index contributed by atoms with van der Waals surface area (Å²) < 4.78 is 5.40. The Balaban J connectivity index is 2.40. The van der Waals surface area contributed by atoms with Gasteiger partial charge in [0.2, 0.25) is 5.89 Å². The molecule has 2 rings (SSSR count). The summed E-state index contributed by atoms with van der Waals surface area (Å²) in [5.74, 6) is 0.688. The lowest BCUT2D eigenvalue weighted by Crippen LogP contribution is -1.84. The second-order valence-corrected chi connectivity index (χ2v) is 4.14. The Hall–Kier alpha value is -1.09. The second-order valence-electron chi connectivity index (χ2n) is 3.58. The van der Waals surface area contributed by atoms with Crippen molar-refractivity contribution in [3.63, 3.8) is 0 Å². The molecule has 0 bridgehead atoms. The molecule has 0 saturated carbocycles. The number of aromatic nitrogens is 1. The Morgan fingerprint density at radius 2 is 2.07 bits per heavy atom. The van der Waals surface area contributed by atoms with Crippen LogP contribution in [0, 0.1) is 13.8 Å². The Morgan fingerprint density at radius 1 is 1.27 bits per heavy atom. The molecule has 0 atom stereocenters. The minimum absolute atomic E-state index is 0.688. The van der Waals surface area contributed by atoms with Crippen LogP contribution >= 0.6 is 15.9 Å². The summed E-state index contributed by atoms with van der Waals surface area (Å²) in [6.45, 7) is 4.19. The van der Waals surface area contributed by atoms with E-state index in [9.17, 15) is 0 Å². The fourth-order valence-electron chi connectivity index (χ4n) is 1.38. The Labute approximate surface area is 97.5 Å². The molecule has 0 N–H and O–H groups in total. The Bertz CT molecular complexity index is 476. The SMILES string of the molecule is Cc1ccc(-c2nc(CBr)co2)cc1C. The van der Waals surface area contributed by atoms with Crippen molar-refractivity contribution in [3.8, 4) is 11.5 Å². The molecule has 3 heteroatoms. The van der Waals surface area contributed by atoms with Gasteiger partial charge in [-0.15, -0.1) is 0 Å². The van der Waals surface area contributed by atoms with E-state index in [4.69, 9.17) is 4.42 Å². The third kappa shape index (κ3) is 2.12. The average Bonchev–Trinajstić information content (AvgIpc) is 2.70. The Morgan fingerprint density at radius 3 is 2.67 bits per heavy atom. The second kappa shape index (κ2) is 4.19. The van der Waals surface area contributed by atoms with Crippen molar-refractivity contribution in [1.29, 1.82) is 0 Å². The summed E-state index contributed by atoms with van der Waals surface area (Å²) in [6.07, 6.45) is 1.68. The molecule has 15 heavy (non-hydrogen) atoms. The van der Waals surface area contributed by atoms with E-state index in [0.717, 1.165) is 16.6 Å². The first-order valence-electron chi connectivity index (χ1n) is 4.78. The van der Waals surface area contributed by atoms with Gasteiger partial charge in [-0.25, -0.2) is 4.98 Å². The van der Waals surface area contributed by atoms with Crippen molar-refractivity contribution in [3.05, 3.63) is 41.3 Å². The molecule has 2 aromatic rings. The fraction of sp³-hybridized carbons (Fsp3) is 0.250. The first-order valence-corrected chi connectivity index (χ1v) is 5.91. The minimum atomic E-state index is 0.688. The zero-order valence-electron chi connectivity index (χ0n) is 8.75. The largest absolute Gasteiger partial charge is 0.444 e. The third-order valence-corrected chi connectivity index (χ3v) is 3.02. The zero-order chi connectivity index (χ0) is 10.8. The van der Waals surface area contributed by atoms with Crippen LogP contribution in [0.15, 0.2) is 28.9 Å². The van der Waals surface area contributed by atoms with Crippen LogP contribution in [0.5, 0.6) is 0 Å². The zero-order valence-corrected chi connectivity index (χ0v) is 10.3. The highest BCUT2D eigenvalue weighted by molar-refractivity contribution is 9.08. The van der Waals surface area contributed by atoms with E-state index < -0.39 is 0 Å². The maximum absolute atomic E-state index is 5.40. The summed E-state index contributed by atoms with van der Waals surface area (Å²) in [6, 6.07) is 6.22. The van der Waals surface area contributed by atoms with Crippen molar-refractivity contribution >= 4 is 15.9 Å². The fourth-order valence-corrected chi connectivity index (χ4v) is 1.63. The summed E-state index contributed by atoms with van der Waals surface area (Å²) in [7, 11) is 0. The van der Waals surface area contributed by atoms with Crippen molar-refractivity contribution < 1.29 is 4.42 Å². The van der Waals surface area contributed by atoms with Crippen LogP contribution in [0.4, 0.5) is 0 Å². The standard InChI is InChI=1S/C12H12BrNO/c1-8-3-4-10(5-9(8)2)12-14-11(6-13)7-15-12/h3-5,7H,6H2,1-2H3. The van der Waals surface area contributed by atoms with Crippen LogP contribution < -0.4 is 0 Å². The molecule has 0 saturated heterocycles. The topological polar surface area (TPSA) is 26.0 Å². The number of hydrogen-bond donors (Lipinski definition) is 0. The normalized spacial score (nSPS) is 10.6. The molecule has 0 spiro atoms. The van der Waals surface area contributed by atoms with Crippen molar-refractivity contribution in [2.45, 2.75) is 19.2 Å². The highest BCUT2D eigenvalue weighted by Crippen LogP contribution is 2.22. The summed E-state index contributed by atoms with van der Waals surface area (Å²) >= 11 is 3.35. The number of benzene rings is 1. The quantitative estimate of drug-likeness (QED) is 0.771. The smallest absolute Gasteiger partial charge is 0.226 e. The van der Waals surface area contributed by atoms with E-state index in [1.165, 1.54) is 11.1 Å². The molecule has 0 amide bonds. The number of alkyl halides is 1. The van der Waals surface area contributed by atoms with E-state index >= 15 is 0 Å². The van der Waals surface area contributed by atoms with Crippen molar-refractivity contribution in [1.82, 2.24) is 4.98 Å². The van der Waals surface area contributed by atoms with Crippen LogP contribution in [0.25, 0.3) is 11.5 Å². The van der Waals surface area contributed by atoms with E-state index in [0.29, 0.717) is 5.89 Å². The summed E-state index contributed by atoms with van der Waals surface area (Å²) in [4.78, 5) is 4.36. The summed E-state index contributed by atoms with van der Waals surface area (Å²) in [5, 5.41) is 0.724. The molecule has 0 aliphatic rings. The van der Waals surface area contributed by atoms with Gasteiger partial charge in [0.1, 0.15) is 6.26 Å². The molecule has 0 aliphatic heterocycles. The molecule has 1 aromatic heterocycles. The van der Waals surface area contributed by atoms with E-state index in [2.05, 4.69) is 46.9 Å². The van der Waals surface area contributed by atoms with Gasteiger partial charge in [-0.2, -0.15) is 0 Å². The first kappa shape index (κ1) is 10.4. The van der Waals surface area contributed by atoms with Gasteiger partial charge in [0, 0.05) is 10.9 Å². The van der Waals surface area contributed by atoms with Crippen LogP contribution in [-0.4, -0.2) is 4.98 Å². The van der Waals surface area contributed by atoms with Crippen LogP contribution in [0.2, 0.25) is 0 Å². The highest BCUT2D eigenvalue weighted by Gasteiger charge is 2.06. The molecule has 0 aliphatic carbocycles. The predicted octanol–water partition coefficient (Wildman–Crippen LogP) is 3.85. The van der Waals surface area contributed by atoms with Gasteiger partial charge in [0.05, 0.1) is 5.69 Å². The van der Waals surface area contributed by atoms with E-state index in [1.807, 2.05) is 6.07 Å². The molecule has 2 nitrogen and oxygen atoms in total. The number of oxazole rings is 1. The molecular formula is C12H12BrNO. The average molecular weight is 266 g/mol. The monoisotopic (exact) mass is 265 g/mol. The lowest BCUT2D eigenvalue weighted by molar-refractivity contribution is 0.573. The third-order valence-electron chi connectivity index (χ3n) is 2.44. The maximum atomic E-state index is 5.40. The van der Waals surface area contributed by atoms with Crippen molar-refractivity contribution in [2.75, 3.05) is 0 Å². The predicted molar refractivity (Wildman–Crippen MR) is 64.0 cm³/mol. The highest BCUT2D eigenvalue weighted by atomic mass is 79.9. The summed E-state index contributed by atoms with van der Waals surface area (Å²) in [5.41, 5.74) is 4.49. The molecule has 0 radical (unpaired) electrons. The number of halogens is 1. The van der Waals surface area contributed by atoms with Gasteiger partial charge < -0.3 is 4.42 Å². The molecule has 78 valence electrons. The molecule has 1 aromatic carbocycles. The maximum Gasteiger partial charge on any atom is 0.226 e. The van der Waals surface area contributed by atoms with Gasteiger partial charge in [-0.05, 0) is 37.1 Å². The Kier molecular flexibility index (Phi) is 2.91. The molecule has 1 heterocycles. The molecule has 0 fully saturated rings. The van der Waals surface area contributed by atoms with Gasteiger partial charge in [-0.1, -0.05) is 22.0 Å². The van der Waals surface area contributed by atoms with Crippen LogP contribution in [-0.2, 0) is 5.33 Å². The van der Waals surface area contributed by atoms with Crippen LogP contribution in [0.3, 0.4) is 0 Å². The van der Waals surface area contributed by atoms with Crippen molar-refractivity contribution in [2.24, 2.45) is 0 Å². The van der Waals surface area contributed by atoms with Crippen LogP contribution in [0.1, 0.15) is 16.8 Å². The number of rotatable bonds is 2. The number of nitrogens with zero attached hydrogens (tertiary/aromatic N) is 1. The van der Waals surface area contributed by atoms with Gasteiger partial charge in [-0.3, -0.25) is 0 Å². The lowest BCUT2D eigenvalue weighted by atomic mass is 10.1. The van der Waals surface area contributed by atoms with Gasteiger partial charge >= 0.3 is 0 Å². The van der Waals surface area contributed by atoms with Gasteiger partial charge in [0.15, 0.2) is 0 Å². The first-order chi connectivity index (χ1) is 7.20.